The number of rotatable bonds is 3. The van der Waals surface area contributed by atoms with Gasteiger partial charge in [0, 0.05) is 16.2 Å². The Morgan fingerprint density at radius 3 is 1.28 bits per heavy atom. The van der Waals surface area contributed by atoms with E-state index in [1.54, 1.807) is 0 Å². The van der Waals surface area contributed by atoms with Crippen LogP contribution >= 0.6 is 0 Å². The highest BCUT2D eigenvalue weighted by Gasteiger charge is 2.27. The third kappa shape index (κ3) is 4.81. The van der Waals surface area contributed by atoms with E-state index in [0.29, 0.717) is 0 Å². The minimum absolute atomic E-state index is 0.996. The van der Waals surface area contributed by atoms with Crippen LogP contribution in [0.15, 0.2) is 132 Å². The predicted octanol–water partition coefficient (Wildman–Crippen LogP) is -0.139. The van der Waals surface area contributed by atoms with Gasteiger partial charge in [-0.05, 0) is 109 Å². The highest BCUT2D eigenvalue weighted by Crippen LogP contribution is 2.47. The zero-order valence-electron chi connectivity index (χ0n) is 38.0. The quantitative estimate of drug-likeness (QED) is 0.180. The first kappa shape index (κ1) is 37.9. The summed E-state index contributed by atoms with van der Waals surface area (Å²) < 4.78 is 7.35. The third-order valence-electron chi connectivity index (χ3n) is 16.2. The molecule has 0 radical (unpaired) electrons. The molecule has 0 spiro atoms. The predicted molar refractivity (Wildman–Crippen MR) is 309 cm³/mol. The van der Waals surface area contributed by atoms with Gasteiger partial charge in [0.2, 0.25) is 0 Å². The van der Waals surface area contributed by atoms with E-state index >= 15 is 0 Å². The van der Waals surface area contributed by atoms with Gasteiger partial charge < -0.3 is 4.42 Å². The van der Waals surface area contributed by atoms with Crippen molar-refractivity contribution in [3.8, 4) is 33.4 Å². The summed E-state index contributed by atoms with van der Waals surface area (Å²) in [4.78, 5) is 0. The van der Waals surface area contributed by atoms with Crippen molar-refractivity contribution >= 4 is 217 Å². The molecule has 0 fully saturated rings. The van der Waals surface area contributed by atoms with Crippen molar-refractivity contribution in [3.63, 3.8) is 0 Å². The molecule has 64 heavy (non-hydrogen) atoms. The van der Waals surface area contributed by atoms with Gasteiger partial charge in [0.25, 0.3) is 0 Å². The van der Waals surface area contributed by atoms with Crippen molar-refractivity contribution in [2.75, 3.05) is 0 Å². The molecule has 13 rings (SSSR count). The van der Waals surface area contributed by atoms with Crippen molar-refractivity contribution in [2.24, 2.45) is 0 Å². The van der Waals surface area contributed by atoms with Crippen LogP contribution in [0.1, 0.15) is 0 Å². The minimum Gasteiger partial charge on any atom is -0.456 e. The van der Waals surface area contributed by atoms with Crippen molar-refractivity contribution in [1.82, 2.24) is 0 Å². The smallest absolute Gasteiger partial charge is 0.143 e. The Labute approximate surface area is 380 Å². The lowest BCUT2D eigenvalue weighted by molar-refractivity contribution is 0.676. The third-order valence-corrected chi connectivity index (χ3v) is 16.2. The van der Waals surface area contributed by atoms with Crippen LogP contribution in [0.5, 0.6) is 0 Å². The first-order chi connectivity index (χ1) is 31.0. The van der Waals surface area contributed by atoms with Gasteiger partial charge in [-0.25, -0.2) is 0 Å². The van der Waals surface area contributed by atoms with Gasteiger partial charge in [0.05, 0.1) is 0 Å². The number of benzene rings is 12. The van der Waals surface area contributed by atoms with Gasteiger partial charge in [-0.3, -0.25) is 0 Å². The fourth-order valence-corrected chi connectivity index (χ4v) is 12.2. The lowest BCUT2D eigenvalue weighted by atomic mass is 9.61. The monoisotopic (exact) mass is 802 g/mol. The Kier molecular flexibility index (Phi) is 7.82. The van der Waals surface area contributed by atoms with Gasteiger partial charge in [-0.15, -0.1) is 10.9 Å². The Morgan fingerprint density at radius 2 is 0.688 bits per heavy atom. The number of hydrogen-bond donors (Lipinski definition) is 0. The van der Waals surface area contributed by atoms with E-state index in [2.05, 4.69) is 198 Å². The molecule has 0 aliphatic heterocycles. The van der Waals surface area contributed by atoms with Gasteiger partial charge in [0.15, 0.2) is 0 Å². The molecule has 0 amide bonds. The highest BCUT2D eigenvalue weighted by molar-refractivity contribution is 6.72. The molecule has 1 heterocycles. The maximum Gasteiger partial charge on any atom is 0.143 e. The van der Waals surface area contributed by atoms with Crippen molar-refractivity contribution in [2.45, 2.75) is 0 Å². The second-order valence-electron chi connectivity index (χ2n) is 19.0. The molecule has 0 aliphatic rings. The van der Waals surface area contributed by atoms with E-state index in [4.69, 9.17) is 4.42 Å². The van der Waals surface area contributed by atoms with Gasteiger partial charge in [0.1, 0.15) is 81.8 Å². The molecule has 0 bridgehead atoms. The minimum atomic E-state index is 0.996. The summed E-state index contributed by atoms with van der Waals surface area (Å²) in [5.41, 5.74) is 21.2. The fourth-order valence-electron chi connectivity index (χ4n) is 12.2. The molecule has 288 valence electrons. The van der Waals surface area contributed by atoms with Crippen LogP contribution in [0.2, 0.25) is 0 Å². The molecule has 13 aromatic rings. The summed E-state index contributed by atoms with van der Waals surface area (Å²) in [7, 11) is 20.7. The zero-order valence-corrected chi connectivity index (χ0v) is 38.0. The molecule has 0 unspecified atom stereocenters. The fraction of sp³-hybridized carbons (Fsp3) is 0. The molecule has 0 saturated heterocycles. The van der Waals surface area contributed by atoms with Crippen molar-refractivity contribution in [3.05, 3.63) is 127 Å². The average Bonchev–Trinajstić information content (AvgIpc) is 3.72. The van der Waals surface area contributed by atoms with Crippen LogP contribution in [0, 0.1) is 0 Å². The van der Waals surface area contributed by atoms with Crippen LogP contribution in [0.4, 0.5) is 0 Å². The molecule has 1 nitrogen and oxygen atoms in total. The van der Waals surface area contributed by atoms with E-state index in [1.807, 2.05) is 0 Å². The molecule has 1 aromatic heterocycles. The topological polar surface area (TPSA) is 13.1 Å². The maximum absolute atomic E-state index is 7.35. The van der Waals surface area contributed by atoms with E-state index < -0.39 is 0 Å². The van der Waals surface area contributed by atoms with E-state index in [-0.39, 0.29) is 0 Å². The largest absolute Gasteiger partial charge is 0.456 e. The van der Waals surface area contributed by atoms with Crippen LogP contribution in [-0.2, 0) is 0 Å². The Hall–Kier alpha value is -6.64. The molecule has 0 aliphatic carbocycles. The molecule has 0 atom stereocenters. The standard InChI is InChI=1S/C54H39B9O/c55-44-39(40-42-47(58)45(56)41-43(48(59)50(61)49(60)46(41)57)53(42)64-54(40)52(63)51(44)62)33-20-15-28(29-16-11-26-9-7-22-3-1-5-24-13-18-31(29)37(26)35(22)24)21-34(33)30-17-12-27-10-8-23-4-2-6-25-14-19-32(30)38(27)36(23)25/h1-21H,55-63H2. The average molecular weight is 801 g/mol. The van der Waals surface area contributed by atoms with E-state index in [0.717, 1.165) is 11.2 Å². The van der Waals surface area contributed by atoms with Crippen LogP contribution in [-0.4, -0.2) is 70.6 Å². The van der Waals surface area contributed by atoms with Gasteiger partial charge >= 0.3 is 0 Å². The van der Waals surface area contributed by atoms with E-state index in [9.17, 15) is 0 Å². The van der Waals surface area contributed by atoms with Crippen LogP contribution in [0.25, 0.3) is 131 Å². The molecule has 10 heteroatoms. The number of hydrogen-bond acceptors (Lipinski definition) is 1. The maximum atomic E-state index is 7.35. The van der Waals surface area contributed by atoms with Crippen LogP contribution in [0.3, 0.4) is 0 Å². The van der Waals surface area contributed by atoms with Crippen molar-refractivity contribution in [1.29, 1.82) is 0 Å². The summed E-state index contributed by atoms with van der Waals surface area (Å²) in [6.45, 7) is 0. The summed E-state index contributed by atoms with van der Waals surface area (Å²) in [6.07, 6.45) is 0. The number of furan rings is 1. The first-order valence-corrected chi connectivity index (χ1v) is 22.8. The first-order valence-electron chi connectivity index (χ1n) is 22.8. The normalized spacial score (nSPS) is 12.3. The Balaban J connectivity index is 1.19. The Morgan fingerprint density at radius 1 is 0.266 bits per heavy atom. The summed E-state index contributed by atoms with van der Waals surface area (Å²) in [5.74, 6) is 0. The second kappa shape index (κ2) is 13.2. The molecule has 0 saturated carbocycles. The Bertz CT molecular complexity index is 4210. The highest BCUT2D eigenvalue weighted by atomic mass is 16.3. The second-order valence-corrected chi connectivity index (χ2v) is 19.0. The molecular weight excluding hydrogens is 762 g/mol. The lowest BCUT2D eigenvalue weighted by Crippen LogP contribution is -2.50. The lowest BCUT2D eigenvalue weighted by Gasteiger charge is -2.22. The van der Waals surface area contributed by atoms with E-state index in [1.165, 1.54) is 169 Å². The summed E-state index contributed by atoms with van der Waals surface area (Å²) in [5, 5.41) is 20.7. The number of fused-ring (bicyclic) bond motifs is 5. The van der Waals surface area contributed by atoms with Crippen LogP contribution < -0.4 is 49.2 Å². The zero-order chi connectivity index (χ0) is 43.6. The molecule has 0 N–H and O–H groups in total. The molecule has 12 aromatic carbocycles. The van der Waals surface area contributed by atoms with Gasteiger partial charge in [-0.1, -0.05) is 160 Å². The summed E-state index contributed by atoms with van der Waals surface area (Å²) in [6, 6.07) is 48.6. The summed E-state index contributed by atoms with van der Waals surface area (Å²) >= 11 is 0. The molecular formula is C54H39B9O. The van der Waals surface area contributed by atoms with Crippen molar-refractivity contribution < 1.29 is 4.42 Å². The van der Waals surface area contributed by atoms with Gasteiger partial charge in [-0.2, -0.15) is 0 Å². The SMILES string of the molecule is Bc1c(B)c(-c2ccc(-c3ccc4ccc5cccc6ccc3c4c56)cc2-c2ccc3ccc4cccc5ccc2c3c45)c2c(oc3c4c(B)c(B)c(B)c(B)c4c(B)c(B)c32)c1B.